The highest BCUT2D eigenvalue weighted by atomic mass is 127. The third-order valence-corrected chi connectivity index (χ3v) is 11.8. The number of nitrogens with zero attached hydrogens (tertiary/aromatic N) is 6. The van der Waals surface area contributed by atoms with E-state index in [2.05, 4.69) is 87.2 Å². The maximum atomic E-state index is 11.3. The predicted octanol–water partition coefficient (Wildman–Crippen LogP) is 7.02. The number of aryl methyl sites for hydroxylation is 1. The molecular formula is C33H39ClIN8OP. The molecule has 0 bridgehead atoms. The first-order chi connectivity index (χ1) is 21.7. The highest BCUT2D eigenvalue weighted by Gasteiger charge is 2.54. The number of nitrogens with one attached hydrogen (secondary N) is 2. The normalized spacial score (nSPS) is 21.5. The van der Waals surface area contributed by atoms with E-state index in [1.807, 2.05) is 22.6 Å². The smallest absolute Gasteiger partial charge is 0.209 e. The molecular weight excluding hydrogens is 718 g/mol. The van der Waals surface area contributed by atoms with E-state index in [9.17, 15) is 10.1 Å². The fourth-order valence-electron chi connectivity index (χ4n) is 7.63. The number of nitriles is 1. The summed E-state index contributed by atoms with van der Waals surface area (Å²) in [5, 5.41) is 28.6. The molecule has 2 atom stereocenters. The van der Waals surface area contributed by atoms with Gasteiger partial charge in [0.1, 0.15) is 11.8 Å². The molecule has 1 unspecified atom stereocenters. The summed E-state index contributed by atoms with van der Waals surface area (Å²) in [5.41, 5.74) is 5.43. The lowest BCUT2D eigenvalue weighted by Gasteiger charge is -2.57. The van der Waals surface area contributed by atoms with Crippen LogP contribution in [0, 0.1) is 29.1 Å². The molecule has 2 N–H and O–H groups in total. The van der Waals surface area contributed by atoms with Gasteiger partial charge in [-0.15, -0.1) is 0 Å². The summed E-state index contributed by atoms with van der Waals surface area (Å²) in [6.07, 6.45) is 5.33. The van der Waals surface area contributed by atoms with Crippen LogP contribution in [0.2, 0.25) is 5.02 Å². The van der Waals surface area contributed by atoms with Gasteiger partial charge in [0.2, 0.25) is 6.41 Å². The molecule has 9 nitrogen and oxygen atoms in total. The Morgan fingerprint density at radius 1 is 1.22 bits per heavy atom. The van der Waals surface area contributed by atoms with Crippen LogP contribution in [0.3, 0.4) is 0 Å². The van der Waals surface area contributed by atoms with Crippen molar-refractivity contribution < 1.29 is 4.79 Å². The lowest BCUT2D eigenvalue weighted by molar-refractivity contribution is -0.140. The van der Waals surface area contributed by atoms with Crippen molar-refractivity contribution in [1.29, 1.82) is 10.7 Å². The number of piperazine rings is 1. The number of amides is 1. The van der Waals surface area contributed by atoms with Crippen molar-refractivity contribution in [1.82, 2.24) is 19.6 Å². The molecule has 3 heterocycles. The number of carbonyl (C=O) groups is 1. The molecule has 236 valence electrons. The number of anilines is 2. The van der Waals surface area contributed by atoms with Gasteiger partial charge < -0.3 is 20.3 Å². The number of hydrogen-bond donors (Lipinski definition) is 2. The van der Waals surface area contributed by atoms with Gasteiger partial charge in [-0.3, -0.25) is 9.69 Å². The summed E-state index contributed by atoms with van der Waals surface area (Å²) in [6, 6.07) is 15.2. The van der Waals surface area contributed by atoms with Crippen LogP contribution in [0.5, 0.6) is 0 Å². The van der Waals surface area contributed by atoms with Crippen LogP contribution in [0.1, 0.15) is 61.5 Å². The molecule has 2 aliphatic heterocycles. The molecule has 1 amide bonds. The Balaban J connectivity index is 1.47. The Bertz CT molecular complexity index is 1640. The maximum absolute atomic E-state index is 11.3. The van der Waals surface area contributed by atoms with E-state index in [-0.39, 0.29) is 17.0 Å². The van der Waals surface area contributed by atoms with E-state index in [1.54, 1.807) is 0 Å². The Labute approximate surface area is 285 Å². The first kappa shape index (κ1) is 32.2. The summed E-state index contributed by atoms with van der Waals surface area (Å²) < 4.78 is 1.94. The minimum atomic E-state index is -0.251. The van der Waals surface area contributed by atoms with Gasteiger partial charge in [0, 0.05) is 74.1 Å². The summed E-state index contributed by atoms with van der Waals surface area (Å²) in [6.45, 7) is 11.3. The Kier molecular flexibility index (Phi) is 9.19. The van der Waals surface area contributed by atoms with Crippen molar-refractivity contribution in [2.75, 3.05) is 42.7 Å². The van der Waals surface area contributed by atoms with Gasteiger partial charge in [0.25, 0.3) is 0 Å². The molecule has 6 rings (SSSR count). The predicted molar refractivity (Wildman–Crippen MR) is 192 cm³/mol. The van der Waals surface area contributed by atoms with E-state index < -0.39 is 0 Å². The number of rotatable bonds is 10. The summed E-state index contributed by atoms with van der Waals surface area (Å²) in [4.78, 5) is 18.0. The number of benzene rings is 2. The van der Waals surface area contributed by atoms with Crippen LogP contribution in [0.4, 0.5) is 11.5 Å². The van der Waals surface area contributed by atoms with Crippen LogP contribution in [0.25, 0.3) is 11.1 Å². The van der Waals surface area contributed by atoms with Crippen LogP contribution < -0.4 is 9.99 Å². The molecule has 1 spiro atoms. The van der Waals surface area contributed by atoms with Crippen LogP contribution in [-0.2, 0) is 11.3 Å². The topological polar surface area (TPSA) is 104 Å². The van der Waals surface area contributed by atoms with Gasteiger partial charge in [0.15, 0.2) is 5.82 Å². The fourth-order valence-corrected chi connectivity index (χ4v) is 9.06. The summed E-state index contributed by atoms with van der Waals surface area (Å²) in [5.74, 6) is 0.762. The monoisotopic (exact) mass is 756 g/mol. The zero-order chi connectivity index (χ0) is 31.9. The number of aromatic nitrogens is 2. The van der Waals surface area contributed by atoms with E-state index >= 15 is 0 Å². The van der Waals surface area contributed by atoms with E-state index in [0.29, 0.717) is 33.8 Å². The van der Waals surface area contributed by atoms with Gasteiger partial charge in [-0.2, -0.15) is 10.4 Å². The lowest BCUT2D eigenvalue weighted by atomic mass is 9.61. The second-order valence-corrected chi connectivity index (χ2v) is 15.5. The fraction of sp³-hybridized carbons (Fsp3) is 0.455. The van der Waals surface area contributed by atoms with Crippen LogP contribution >= 0.6 is 40.0 Å². The molecule has 3 fully saturated rings. The number of likely N-dealkylation sites (tertiary alicyclic amines) is 1. The zero-order valence-electron chi connectivity index (χ0n) is 25.9. The molecule has 12 heteroatoms. The minimum absolute atomic E-state index is 0.0636. The van der Waals surface area contributed by atoms with Gasteiger partial charge in [0.05, 0.1) is 22.2 Å². The maximum Gasteiger partial charge on any atom is 0.209 e. The third-order valence-electron chi connectivity index (χ3n) is 10.1. The SMILES string of the molecule is CC[C@@]1(C)CN(Cc2ccccc2)CCN1c1nn(C2CC3(C2)CN(C=O)C3)c(C#N)c1-c1c(Cl)c(C)cc(NPI)c1C=N. The first-order valence-corrected chi connectivity index (χ1v) is 19.9. The van der Waals surface area contributed by atoms with Gasteiger partial charge in [-0.05, 0) is 72.3 Å². The summed E-state index contributed by atoms with van der Waals surface area (Å²) >= 11 is 9.43. The second kappa shape index (κ2) is 12.8. The lowest BCUT2D eigenvalue weighted by Crippen LogP contribution is -2.62. The Hall–Kier alpha value is -2.71. The number of carbonyl (C=O) groups excluding carboxylic acids is 1. The first-order valence-electron chi connectivity index (χ1n) is 15.4. The highest BCUT2D eigenvalue weighted by Crippen LogP contribution is 2.55. The van der Waals surface area contributed by atoms with E-state index in [1.165, 1.54) is 11.8 Å². The highest BCUT2D eigenvalue weighted by molar-refractivity contribution is 14.2. The number of hydrogen-bond acceptors (Lipinski definition) is 7. The molecule has 3 aromatic rings. The number of halogens is 2. The average Bonchev–Trinajstić information content (AvgIpc) is 3.36. The molecule has 2 aromatic carbocycles. The van der Waals surface area contributed by atoms with Crippen molar-refractivity contribution in [2.45, 2.75) is 58.2 Å². The third kappa shape index (κ3) is 5.75. The largest absolute Gasteiger partial charge is 0.358 e. The molecule has 1 saturated carbocycles. The zero-order valence-corrected chi connectivity index (χ0v) is 29.8. The second-order valence-electron chi connectivity index (χ2n) is 13.1. The van der Waals surface area contributed by atoms with E-state index in [4.69, 9.17) is 22.1 Å². The Morgan fingerprint density at radius 2 is 1.96 bits per heavy atom. The van der Waals surface area contributed by atoms with Crippen LogP contribution in [-0.4, -0.2) is 70.5 Å². The van der Waals surface area contributed by atoms with Crippen molar-refractivity contribution >= 4 is 64.1 Å². The minimum Gasteiger partial charge on any atom is -0.358 e. The van der Waals surface area contributed by atoms with Gasteiger partial charge >= 0.3 is 0 Å². The molecule has 0 radical (unpaired) electrons. The van der Waals surface area contributed by atoms with Crippen molar-refractivity contribution in [3.05, 3.63) is 63.8 Å². The Morgan fingerprint density at radius 3 is 2.58 bits per heavy atom. The van der Waals surface area contributed by atoms with Gasteiger partial charge in [-0.1, -0.05) is 48.9 Å². The van der Waals surface area contributed by atoms with Crippen molar-refractivity contribution in [3.63, 3.8) is 0 Å². The average molecular weight is 757 g/mol. The van der Waals surface area contributed by atoms with E-state index in [0.717, 1.165) is 82.0 Å². The molecule has 2 saturated heterocycles. The molecule has 45 heavy (non-hydrogen) atoms. The quantitative estimate of drug-likeness (QED) is 0.0998. The van der Waals surface area contributed by atoms with Crippen molar-refractivity contribution in [3.8, 4) is 17.2 Å². The van der Waals surface area contributed by atoms with Crippen LogP contribution in [0.15, 0.2) is 36.4 Å². The van der Waals surface area contributed by atoms with Crippen molar-refractivity contribution in [2.24, 2.45) is 5.41 Å². The molecule has 1 aromatic heterocycles. The van der Waals surface area contributed by atoms with Gasteiger partial charge in [-0.25, -0.2) is 4.68 Å². The summed E-state index contributed by atoms with van der Waals surface area (Å²) in [7, 11) is 0. The molecule has 1 aliphatic carbocycles. The molecule has 3 aliphatic rings. The standard InChI is InChI=1S/C33H39ClIN8OP/c1-4-32(3)18-40(17-23-8-6-5-7-9-23)10-11-42(32)31-29(28-25(15-36)26(39-45-35)12-22(2)30(28)34)27(16-37)43(38-31)24-13-33(14-24)19-41(20-33)21-44/h5-9,12,15,21,24,36,39,45H,4,10-11,13-14,17-20H2,1-3H3/t32-/m0/s1.